The summed E-state index contributed by atoms with van der Waals surface area (Å²) in [5, 5.41) is 1.41. The van der Waals surface area contributed by atoms with Crippen molar-refractivity contribution >= 4 is 36.2 Å². The van der Waals surface area contributed by atoms with E-state index in [9.17, 15) is 0 Å². The summed E-state index contributed by atoms with van der Waals surface area (Å²) in [5.74, 6) is 0. The minimum atomic E-state index is 0.644. The summed E-state index contributed by atoms with van der Waals surface area (Å²) < 4.78 is 3.33. The smallest absolute Gasteiger partial charge is 0.0406 e. The van der Waals surface area contributed by atoms with Crippen LogP contribution >= 0.6 is 36.2 Å². The lowest BCUT2D eigenvalue weighted by atomic mass is 10.2. The molecule has 1 unspecified atom stereocenters. The molecule has 0 aliphatic carbocycles. The molecule has 0 heterocycles. The fourth-order valence-electron chi connectivity index (χ4n) is 1.95. The minimum absolute atomic E-state index is 0.644. The number of hydrogen-bond donors (Lipinski definition) is 2. The van der Waals surface area contributed by atoms with Crippen molar-refractivity contribution in [1.82, 2.24) is 4.72 Å². The Hall–Kier alpha value is -0.610. The summed E-state index contributed by atoms with van der Waals surface area (Å²) in [4.78, 5) is 1.17. The molecule has 0 aliphatic heterocycles. The molecule has 0 aromatic heterocycles. The zero-order valence-corrected chi connectivity index (χ0v) is 17.2. The number of halogens is 1. The number of benzene rings is 2. The van der Waals surface area contributed by atoms with Gasteiger partial charge in [0, 0.05) is 21.7 Å². The second-order valence-electron chi connectivity index (χ2n) is 5.71. The lowest BCUT2D eigenvalue weighted by Crippen LogP contribution is -2.02. The van der Waals surface area contributed by atoms with Gasteiger partial charge in [-0.05, 0) is 61.5 Å². The lowest BCUT2D eigenvalue weighted by Gasteiger charge is -2.04. The number of thiol groups is 1. The van der Waals surface area contributed by atoms with E-state index in [1.165, 1.54) is 35.3 Å². The molecule has 0 radical (unpaired) electrons. The van der Waals surface area contributed by atoms with Gasteiger partial charge < -0.3 is 0 Å². The standard InChI is InChI=1S/C14H14ClNS.C6H14S/c1-11-2-4-12(5-3-11)10-16-17-14-8-6-13(15)7-9-14;1-3-5-6(7)4-2/h2-9,16H,10H2,1H3;6-7H,3-5H2,1-2H3. The molecule has 4 heteroatoms. The second-order valence-corrected chi connectivity index (χ2v) is 7.84. The molecule has 0 saturated heterocycles. The molecular weight excluding hydrogens is 354 g/mol. The van der Waals surface area contributed by atoms with Crippen LogP contribution in [0.5, 0.6) is 0 Å². The summed E-state index contributed by atoms with van der Waals surface area (Å²) in [7, 11) is 0. The van der Waals surface area contributed by atoms with E-state index in [-0.39, 0.29) is 0 Å². The molecule has 2 rings (SSSR count). The highest BCUT2D eigenvalue weighted by atomic mass is 35.5. The molecule has 1 nitrogen and oxygen atoms in total. The maximum absolute atomic E-state index is 5.83. The van der Waals surface area contributed by atoms with Gasteiger partial charge in [0.05, 0.1) is 0 Å². The normalized spacial score (nSPS) is 11.5. The highest BCUT2D eigenvalue weighted by Gasteiger charge is 1.96. The third kappa shape index (κ3) is 9.63. The van der Waals surface area contributed by atoms with Crippen molar-refractivity contribution in [3.63, 3.8) is 0 Å². The van der Waals surface area contributed by atoms with Gasteiger partial charge in [-0.15, -0.1) is 0 Å². The van der Waals surface area contributed by atoms with Crippen molar-refractivity contribution in [1.29, 1.82) is 0 Å². The first-order valence-corrected chi connectivity index (χ1v) is 10.1. The SMILES string of the molecule is CCCC(S)CC.Cc1ccc(CNSc2ccc(Cl)cc2)cc1. The number of nitrogens with one attached hydrogen (secondary N) is 1. The first-order chi connectivity index (χ1) is 11.5. The van der Waals surface area contributed by atoms with E-state index >= 15 is 0 Å². The van der Waals surface area contributed by atoms with E-state index in [0.717, 1.165) is 11.6 Å². The number of rotatable bonds is 7. The summed E-state index contributed by atoms with van der Waals surface area (Å²) in [6.45, 7) is 7.32. The predicted molar refractivity (Wildman–Crippen MR) is 113 cm³/mol. The van der Waals surface area contributed by atoms with Crippen molar-refractivity contribution in [2.24, 2.45) is 0 Å². The van der Waals surface area contributed by atoms with Crippen molar-refractivity contribution < 1.29 is 0 Å². The monoisotopic (exact) mass is 381 g/mol. The van der Waals surface area contributed by atoms with Gasteiger partial charge in [-0.1, -0.05) is 61.7 Å². The summed E-state index contributed by atoms with van der Waals surface area (Å²) >= 11 is 11.8. The van der Waals surface area contributed by atoms with E-state index < -0.39 is 0 Å². The molecule has 0 aliphatic rings. The Morgan fingerprint density at radius 2 is 1.67 bits per heavy atom. The van der Waals surface area contributed by atoms with Crippen LogP contribution in [0, 0.1) is 6.92 Å². The molecular formula is C20H28ClNS2. The molecule has 2 aromatic rings. The minimum Gasteiger partial charge on any atom is -0.255 e. The van der Waals surface area contributed by atoms with E-state index in [0.29, 0.717) is 5.25 Å². The Bertz CT molecular complexity index is 509. The highest BCUT2D eigenvalue weighted by molar-refractivity contribution is 7.97. The molecule has 0 fully saturated rings. The van der Waals surface area contributed by atoms with E-state index in [1.807, 2.05) is 24.3 Å². The molecule has 0 saturated carbocycles. The van der Waals surface area contributed by atoms with Crippen molar-refractivity contribution in [2.45, 2.75) is 56.7 Å². The van der Waals surface area contributed by atoms with Crippen LogP contribution in [0.1, 0.15) is 44.2 Å². The zero-order valence-electron chi connectivity index (χ0n) is 14.8. The zero-order chi connectivity index (χ0) is 17.8. The van der Waals surface area contributed by atoms with Gasteiger partial charge in [-0.25, -0.2) is 0 Å². The molecule has 132 valence electrons. The molecule has 0 bridgehead atoms. The van der Waals surface area contributed by atoms with Crippen LogP contribution in [0.4, 0.5) is 0 Å². The fraction of sp³-hybridized carbons (Fsp3) is 0.400. The molecule has 0 amide bonds. The first-order valence-electron chi connectivity index (χ1n) is 8.44. The highest BCUT2D eigenvalue weighted by Crippen LogP contribution is 2.18. The largest absolute Gasteiger partial charge is 0.255 e. The van der Waals surface area contributed by atoms with Gasteiger partial charge in [-0.3, -0.25) is 4.72 Å². The quantitative estimate of drug-likeness (QED) is 0.398. The Labute approximate surface area is 162 Å². The van der Waals surface area contributed by atoms with Crippen LogP contribution in [-0.2, 0) is 6.54 Å². The molecule has 1 atom stereocenters. The summed E-state index contributed by atoms with van der Waals surface area (Å²) in [6, 6.07) is 16.4. The molecule has 0 spiro atoms. The van der Waals surface area contributed by atoms with Crippen LogP contribution in [0.2, 0.25) is 5.02 Å². The lowest BCUT2D eigenvalue weighted by molar-refractivity contribution is 0.724. The van der Waals surface area contributed by atoms with Crippen molar-refractivity contribution in [3.05, 3.63) is 64.7 Å². The third-order valence-corrected chi connectivity index (χ3v) is 5.17. The Kier molecular flexibility index (Phi) is 11.4. The van der Waals surface area contributed by atoms with Crippen molar-refractivity contribution in [2.75, 3.05) is 0 Å². The second kappa shape index (κ2) is 12.7. The maximum atomic E-state index is 5.83. The third-order valence-electron chi connectivity index (χ3n) is 3.49. The molecule has 2 aromatic carbocycles. The van der Waals surface area contributed by atoms with Crippen LogP contribution in [0.3, 0.4) is 0 Å². The number of hydrogen-bond acceptors (Lipinski definition) is 3. The number of aryl methyl sites for hydroxylation is 1. The fourth-order valence-corrected chi connectivity index (χ4v) is 3.01. The average Bonchev–Trinajstić information content (AvgIpc) is 2.59. The molecule has 1 N–H and O–H groups in total. The Balaban J connectivity index is 0.000000351. The van der Waals surface area contributed by atoms with Crippen molar-refractivity contribution in [3.8, 4) is 0 Å². The maximum Gasteiger partial charge on any atom is 0.0406 e. The van der Waals surface area contributed by atoms with E-state index in [2.05, 4.69) is 62.4 Å². The van der Waals surface area contributed by atoms with Crippen LogP contribution in [0.15, 0.2) is 53.4 Å². The first kappa shape index (κ1) is 21.4. The molecule has 24 heavy (non-hydrogen) atoms. The summed E-state index contributed by atoms with van der Waals surface area (Å²) in [5.41, 5.74) is 2.58. The van der Waals surface area contributed by atoms with Crippen LogP contribution < -0.4 is 4.72 Å². The Morgan fingerprint density at radius 3 is 2.17 bits per heavy atom. The topological polar surface area (TPSA) is 12.0 Å². The van der Waals surface area contributed by atoms with Gasteiger partial charge in [0.2, 0.25) is 0 Å². The van der Waals surface area contributed by atoms with Crippen LogP contribution in [0.25, 0.3) is 0 Å². The van der Waals surface area contributed by atoms with Crippen LogP contribution in [-0.4, -0.2) is 5.25 Å². The van der Waals surface area contributed by atoms with Gasteiger partial charge >= 0.3 is 0 Å². The van der Waals surface area contributed by atoms with Gasteiger partial charge in [0.15, 0.2) is 0 Å². The average molecular weight is 382 g/mol. The van der Waals surface area contributed by atoms with E-state index in [4.69, 9.17) is 11.6 Å². The van der Waals surface area contributed by atoms with Gasteiger partial charge in [0.1, 0.15) is 0 Å². The predicted octanol–water partition coefficient (Wildman–Crippen LogP) is 6.94. The Morgan fingerprint density at radius 1 is 1.04 bits per heavy atom. The van der Waals surface area contributed by atoms with E-state index in [1.54, 1.807) is 11.9 Å². The summed E-state index contributed by atoms with van der Waals surface area (Å²) in [6.07, 6.45) is 3.73. The van der Waals surface area contributed by atoms with Gasteiger partial charge in [0.25, 0.3) is 0 Å². The van der Waals surface area contributed by atoms with Gasteiger partial charge in [-0.2, -0.15) is 12.6 Å².